The van der Waals surface area contributed by atoms with Gasteiger partial charge < -0.3 is 19.9 Å². The number of nitrogens with one attached hydrogen (secondary N) is 2. The normalized spacial score (nSPS) is 11.7. The lowest BCUT2D eigenvalue weighted by Crippen LogP contribution is -2.38. The number of para-hydroxylation sites is 2. The number of rotatable bonds is 10. The predicted molar refractivity (Wildman–Crippen MR) is 139 cm³/mol. The molecule has 0 bridgehead atoms. The van der Waals surface area contributed by atoms with Gasteiger partial charge in [0.1, 0.15) is 17.1 Å². The van der Waals surface area contributed by atoms with Gasteiger partial charge >= 0.3 is 6.09 Å². The summed E-state index contributed by atoms with van der Waals surface area (Å²) in [6.07, 6.45) is 2.30. The molecular formula is C25H32N6O3S. The average Bonchev–Trinajstić information content (AvgIpc) is 3.42. The third kappa shape index (κ3) is 8.03. The number of aliphatic imine (C=N–C) groups is 1. The SMILES string of the molecule is C=C(CCNC(=O)c1csc(CCN(Cc2nc3ccccc3[nH]2)C(=O)OC(C)(C)C)n1)N=CC. The maximum atomic E-state index is 12.9. The van der Waals surface area contributed by atoms with Crippen LogP contribution in [0.4, 0.5) is 4.79 Å². The van der Waals surface area contributed by atoms with E-state index in [2.05, 4.69) is 31.8 Å². The van der Waals surface area contributed by atoms with Crippen molar-refractivity contribution in [2.45, 2.75) is 52.7 Å². The molecule has 9 nitrogen and oxygen atoms in total. The number of hydrogen-bond acceptors (Lipinski definition) is 7. The summed E-state index contributed by atoms with van der Waals surface area (Å²) in [6, 6.07) is 7.71. The highest BCUT2D eigenvalue weighted by Gasteiger charge is 2.24. The quantitative estimate of drug-likeness (QED) is 0.394. The van der Waals surface area contributed by atoms with Gasteiger partial charge in [0.15, 0.2) is 0 Å². The van der Waals surface area contributed by atoms with E-state index in [1.165, 1.54) is 11.3 Å². The standard InChI is InChI=1S/C25H32N6O3S/c1-6-26-17(2)11-13-27-23(32)20-16-35-22(30-20)12-14-31(24(33)34-25(3,4)5)15-21-28-18-9-7-8-10-19(18)29-21/h6-10,16H,2,11-15H2,1,3-5H3,(H,27,32)(H,28,29). The second-order valence-corrected chi connectivity index (χ2v) is 9.88. The van der Waals surface area contributed by atoms with Gasteiger partial charge in [-0.2, -0.15) is 0 Å². The zero-order valence-electron chi connectivity index (χ0n) is 20.6. The molecule has 0 spiro atoms. The Hall–Kier alpha value is -3.53. The van der Waals surface area contributed by atoms with Crippen LogP contribution < -0.4 is 5.32 Å². The van der Waals surface area contributed by atoms with Crippen LogP contribution in [0.5, 0.6) is 0 Å². The summed E-state index contributed by atoms with van der Waals surface area (Å²) in [4.78, 5) is 43.3. The van der Waals surface area contributed by atoms with E-state index in [0.717, 1.165) is 16.0 Å². The Bertz CT molecular complexity index is 1170. The fourth-order valence-electron chi connectivity index (χ4n) is 3.24. The molecule has 0 radical (unpaired) electrons. The summed E-state index contributed by atoms with van der Waals surface area (Å²) < 4.78 is 5.61. The van der Waals surface area contributed by atoms with Gasteiger partial charge in [-0.3, -0.25) is 9.79 Å². The topological polar surface area (TPSA) is 113 Å². The summed E-state index contributed by atoms with van der Waals surface area (Å²) in [7, 11) is 0. The number of imidazole rings is 1. The first-order valence-corrected chi connectivity index (χ1v) is 12.3. The lowest BCUT2D eigenvalue weighted by Gasteiger charge is -2.26. The molecule has 186 valence electrons. The van der Waals surface area contributed by atoms with Crippen molar-refractivity contribution < 1.29 is 14.3 Å². The van der Waals surface area contributed by atoms with Crippen molar-refractivity contribution in [3.05, 3.63) is 58.4 Å². The molecule has 3 rings (SSSR count). The lowest BCUT2D eigenvalue weighted by molar-refractivity contribution is 0.0231. The van der Waals surface area contributed by atoms with Crippen molar-refractivity contribution in [3.8, 4) is 0 Å². The molecule has 2 aromatic heterocycles. The number of H-pyrrole nitrogens is 1. The van der Waals surface area contributed by atoms with E-state index < -0.39 is 11.7 Å². The van der Waals surface area contributed by atoms with Crippen molar-refractivity contribution in [3.63, 3.8) is 0 Å². The molecule has 35 heavy (non-hydrogen) atoms. The third-order valence-corrected chi connectivity index (χ3v) is 5.73. The second kappa shape index (κ2) is 11.7. The number of ether oxygens (including phenoxy) is 1. The molecule has 0 saturated heterocycles. The highest BCUT2D eigenvalue weighted by atomic mass is 32.1. The first-order chi connectivity index (χ1) is 16.6. The number of benzene rings is 1. The van der Waals surface area contributed by atoms with Crippen LogP contribution in [0.1, 0.15) is 55.4 Å². The molecule has 0 atom stereocenters. The fourth-order valence-corrected chi connectivity index (χ4v) is 4.01. The monoisotopic (exact) mass is 496 g/mol. The molecule has 0 aliphatic heterocycles. The molecule has 2 amide bonds. The summed E-state index contributed by atoms with van der Waals surface area (Å²) in [5.41, 5.74) is 2.19. The van der Waals surface area contributed by atoms with Crippen molar-refractivity contribution in [2.24, 2.45) is 4.99 Å². The number of aromatic amines is 1. The molecule has 0 aliphatic carbocycles. The van der Waals surface area contributed by atoms with E-state index in [-0.39, 0.29) is 12.5 Å². The van der Waals surface area contributed by atoms with Gasteiger partial charge in [0.05, 0.1) is 22.6 Å². The van der Waals surface area contributed by atoms with Gasteiger partial charge in [0.2, 0.25) is 0 Å². The summed E-state index contributed by atoms with van der Waals surface area (Å²) >= 11 is 1.39. The molecule has 0 fully saturated rings. The van der Waals surface area contributed by atoms with Gasteiger partial charge in [-0.15, -0.1) is 11.3 Å². The number of amides is 2. The molecule has 10 heteroatoms. The fraction of sp³-hybridized carbons (Fsp3) is 0.400. The molecule has 0 saturated carbocycles. The number of aromatic nitrogens is 3. The number of thiazole rings is 1. The predicted octanol–water partition coefficient (Wildman–Crippen LogP) is 4.72. The Labute approximate surface area is 209 Å². The van der Waals surface area contributed by atoms with Gasteiger partial charge in [0.25, 0.3) is 5.91 Å². The Morgan fingerprint density at radius 2 is 2.06 bits per heavy atom. The van der Waals surface area contributed by atoms with E-state index in [1.807, 2.05) is 52.0 Å². The Balaban J connectivity index is 1.62. The maximum absolute atomic E-state index is 12.9. The summed E-state index contributed by atoms with van der Waals surface area (Å²) in [6.45, 7) is 12.2. The molecule has 0 aliphatic rings. The largest absolute Gasteiger partial charge is 0.444 e. The summed E-state index contributed by atoms with van der Waals surface area (Å²) in [5.74, 6) is 0.428. The minimum Gasteiger partial charge on any atom is -0.444 e. The number of carbonyl (C=O) groups excluding carboxylic acids is 2. The Kier molecular flexibility index (Phi) is 8.75. The average molecular weight is 497 g/mol. The van der Waals surface area contributed by atoms with E-state index in [0.29, 0.717) is 43.1 Å². The second-order valence-electron chi connectivity index (χ2n) is 8.94. The molecule has 2 heterocycles. The highest BCUT2D eigenvalue weighted by molar-refractivity contribution is 7.09. The van der Waals surface area contributed by atoms with Gasteiger partial charge in [-0.25, -0.2) is 14.8 Å². The first kappa shape index (κ1) is 26.1. The van der Waals surface area contributed by atoms with Crippen LogP contribution in [0.15, 0.2) is 46.9 Å². The first-order valence-electron chi connectivity index (χ1n) is 11.4. The van der Waals surface area contributed by atoms with Crippen molar-refractivity contribution in [1.29, 1.82) is 0 Å². The van der Waals surface area contributed by atoms with E-state index in [4.69, 9.17) is 4.74 Å². The van der Waals surface area contributed by atoms with Crippen LogP contribution in [-0.2, 0) is 17.7 Å². The van der Waals surface area contributed by atoms with Crippen LogP contribution >= 0.6 is 11.3 Å². The molecule has 3 aromatic rings. The van der Waals surface area contributed by atoms with Gasteiger partial charge in [-0.1, -0.05) is 18.7 Å². The van der Waals surface area contributed by atoms with E-state index in [9.17, 15) is 9.59 Å². The number of nitrogens with zero attached hydrogens (tertiary/aromatic N) is 4. The van der Waals surface area contributed by atoms with Crippen molar-refractivity contribution >= 4 is 40.6 Å². The molecule has 0 unspecified atom stereocenters. The number of fused-ring (bicyclic) bond motifs is 1. The zero-order chi connectivity index (χ0) is 25.4. The van der Waals surface area contributed by atoms with Crippen LogP contribution in [0.25, 0.3) is 11.0 Å². The molecular weight excluding hydrogens is 464 g/mol. The van der Waals surface area contributed by atoms with Crippen LogP contribution in [0, 0.1) is 0 Å². The minimum atomic E-state index is -0.622. The highest BCUT2D eigenvalue weighted by Crippen LogP contribution is 2.17. The smallest absolute Gasteiger partial charge is 0.410 e. The van der Waals surface area contributed by atoms with Gasteiger partial charge in [0, 0.05) is 43.2 Å². The number of hydrogen-bond donors (Lipinski definition) is 2. The molecule has 1 aromatic carbocycles. The van der Waals surface area contributed by atoms with E-state index in [1.54, 1.807) is 16.5 Å². The Morgan fingerprint density at radius 1 is 1.29 bits per heavy atom. The van der Waals surface area contributed by atoms with Crippen molar-refractivity contribution in [1.82, 2.24) is 25.2 Å². The maximum Gasteiger partial charge on any atom is 0.410 e. The van der Waals surface area contributed by atoms with Crippen LogP contribution in [0.2, 0.25) is 0 Å². The van der Waals surface area contributed by atoms with Crippen molar-refractivity contribution in [2.75, 3.05) is 13.1 Å². The van der Waals surface area contributed by atoms with Crippen LogP contribution in [0.3, 0.4) is 0 Å². The van der Waals surface area contributed by atoms with Crippen LogP contribution in [-0.4, -0.2) is 56.8 Å². The minimum absolute atomic E-state index is 0.243. The number of carbonyl (C=O) groups is 2. The third-order valence-electron chi connectivity index (χ3n) is 4.82. The molecule has 2 N–H and O–H groups in total. The van der Waals surface area contributed by atoms with E-state index >= 15 is 0 Å². The Morgan fingerprint density at radius 3 is 2.77 bits per heavy atom. The lowest BCUT2D eigenvalue weighted by atomic mass is 10.2. The summed E-state index contributed by atoms with van der Waals surface area (Å²) in [5, 5.41) is 5.31. The van der Waals surface area contributed by atoms with Gasteiger partial charge in [-0.05, 0) is 39.8 Å². The zero-order valence-corrected chi connectivity index (χ0v) is 21.4.